The third-order valence-electron chi connectivity index (χ3n) is 4.92. The van der Waals surface area contributed by atoms with Crippen LogP contribution in [-0.4, -0.2) is 34.3 Å². The van der Waals surface area contributed by atoms with Crippen LogP contribution in [0.15, 0.2) is 47.0 Å². The standard InChI is InChI=1S/C20H16ClN3O4/c21-15-4-1-12(2-5-15)9-24-10-14(8-18(24)25)20-22-19(23-28-20)13-3-6-16-17(7-13)27-11-26-16/h1-7,14H,8-11H2. The summed E-state index contributed by atoms with van der Waals surface area (Å²) in [7, 11) is 0. The first kappa shape index (κ1) is 17.1. The van der Waals surface area contributed by atoms with E-state index in [1.807, 2.05) is 42.5 Å². The highest BCUT2D eigenvalue weighted by molar-refractivity contribution is 6.30. The number of likely N-dealkylation sites (tertiary alicyclic amines) is 1. The van der Waals surface area contributed by atoms with Crippen LogP contribution >= 0.6 is 11.6 Å². The Bertz CT molecular complexity index is 1030. The van der Waals surface area contributed by atoms with Crippen molar-refractivity contribution in [2.24, 2.45) is 0 Å². The molecule has 3 aromatic rings. The number of rotatable bonds is 4. The Morgan fingerprint density at radius 2 is 1.93 bits per heavy atom. The quantitative estimate of drug-likeness (QED) is 0.669. The number of fused-ring (bicyclic) bond motifs is 1. The van der Waals surface area contributed by atoms with Gasteiger partial charge in [0.15, 0.2) is 11.5 Å². The zero-order valence-corrected chi connectivity index (χ0v) is 15.6. The van der Waals surface area contributed by atoms with E-state index < -0.39 is 0 Å². The largest absolute Gasteiger partial charge is 0.454 e. The Balaban J connectivity index is 1.31. The van der Waals surface area contributed by atoms with Gasteiger partial charge in [-0.15, -0.1) is 0 Å². The number of hydrogen-bond donors (Lipinski definition) is 0. The Hall–Kier alpha value is -3.06. The molecule has 142 valence electrons. The summed E-state index contributed by atoms with van der Waals surface area (Å²) in [4.78, 5) is 18.7. The number of hydrogen-bond acceptors (Lipinski definition) is 6. The van der Waals surface area contributed by atoms with E-state index in [0.29, 0.717) is 47.7 Å². The van der Waals surface area contributed by atoms with Crippen LogP contribution in [0, 0.1) is 0 Å². The normalized spacial score (nSPS) is 18.1. The molecule has 2 aliphatic heterocycles. The van der Waals surface area contributed by atoms with Gasteiger partial charge in [0.1, 0.15) is 0 Å². The van der Waals surface area contributed by atoms with Crippen LogP contribution < -0.4 is 9.47 Å². The number of amides is 1. The Morgan fingerprint density at radius 1 is 1.11 bits per heavy atom. The van der Waals surface area contributed by atoms with Crippen molar-refractivity contribution >= 4 is 17.5 Å². The minimum absolute atomic E-state index is 0.0720. The number of carbonyl (C=O) groups excluding carboxylic acids is 1. The van der Waals surface area contributed by atoms with E-state index in [4.69, 9.17) is 25.6 Å². The van der Waals surface area contributed by atoms with Crippen LogP contribution in [0.25, 0.3) is 11.4 Å². The second-order valence-electron chi connectivity index (χ2n) is 6.83. The maximum absolute atomic E-state index is 12.4. The fraction of sp³-hybridized carbons (Fsp3) is 0.250. The molecule has 0 radical (unpaired) electrons. The van der Waals surface area contributed by atoms with Crippen LogP contribution in [0.1, 0.15) is 23.8 Å². The van der Waals surface area contributed by atoms with Crippen molar-refractivity contribution in [1.29, 1.82) is 0 Å². The predicted molar refractivity (Wildman–Crippen MR) is 100 cm³/mol. The lowest BCUT2D eigenvalue weighted by Crippen LogP contribution is -2.24. The van der Waals surface area contributed by atoms with E-state index in [0.717, 1.165) is 11.1 Å². The van der Waals surface area contributed by atoms with Gasteiger partial charge in [0.05, 0.1) is 5.92 Å². The van der Waals surface area contributed by atoms with Crippen molar-refractivity contribution < 1.29 is 18.8 Å². The van der Waals surface area contributed by atoms with Gasteiger partial charge in [-0.25, -0.2) is 0 Å². The van der Waals surface area contributed by atoms with Gasteiger partial charge in [-0.3, -0.25) is 4.79 Å². The third kappa shape index (κ3) is 3.18. The molecule has 2 aliphatic rings. The molecule has 1 atom stereocenters. The molecule has 1 unspecified atom stereocenters. The number of carbonyl (C=O) groups is 1. The summed E-state index contributed by atoms with van der Waals surface area (Å²) in [6.07, 6.45) is 0.358. The highest BCUT2D eigenvalue weighted by Crippen LogP contribution is 2.36. The molecule has 28 heavy (non-hydrogen) atoms. The van der Waals surface area contributed by atoms with Gasteiger partial charge in [-0.1, -0.05) is 28.9 Å². The number of halogens is 1. The molecular formula is C20H16ClN3O4. The highest BCUT2D eigenvalue weighted by Gasteiger charge is 2.34. The lowest BCUT2D eigenvalue weighted by molar-refractivity contribution is -0.128. The van der Waals surface area contributed by atoms with Crippen LogP contribution in [0.2, 0.25) is 5.02 Å². The summed E-state index contributed by atoms with van der Waals surface area (Å²) in [5.41, 5.74) is 1.81. The molecular weight excluding hydrogens is 382 g/mol. The highest BCUT2D eigenvalue weighted by atomic mass is 35.5. The average molecular weight is 398 g/mol. The van der Waals surface area contributed by atoms with Crippen LogP contribution in [0.3, 0.4) is 0 Å². The molecule has 5 rings (SSSR count). The number of aromatic nitrogens is 2. The first-order valence-corrected chi connectivity index (χ1v) is 9.29. The second-order valence-corrected chi connectivity index (χ2v) is 7.26. The van der Waals surface area contributed by atoms with Crippen LogP contribution in [0.4, 0.5) is 0 Å². The summed E-state index contributed by atoms with van der Waals surface area (Å²) >= 11 is 5.92. The molecule has 7 nitrogen and oxygen atoms in total. The molecule has 0 spiro atoms. The molecule has 1 amide bonds. The fourth-order valence-corrected chi connectivity index (χ4v) is 3.58. The molecule has 0 N–H and O–H groups in total. The van der Waals surface area contributed by atoms with Crippen molar-refractivity contribution in [2.75, 3.05) is 13.3 Å². The first-order chi connectivity index (χ1) is 13.7. The summed E-state index contributed by atoms with van der Waals surface area (Å²) in [6, 6.07) is 13.0. The summed E-state index contributed by atoms with van der Waals surface area (Å²) < 4.78 is 16.2. The van der Waals surface area contributed by atoms with Gasteiger partial charge in [0.2, 0.25) is 24.4 Å². The Labute approximate surface area is 165 Å². The van der Waals surface area contributed by atoms with Gasteiger partial charge < -0.3 is 18.9 Å². The molecule has 1 saturated heterocycles. The van der Waals surface area contributed by atoms with Crippen molar-refractivity contribution in [3.8, 4) is 22.9 Å². The van der Waals surface area contributed by atoms with Gasteiger partial charge in [0.25, 0.3) is 0 Å². The lowest BCUT2D eigenvalue weighted by Gasteiger charge is -2.16. The maximum Gasteiger partial charge on any atom is 0.232 e. The molecule has 1 fully saturated rings. The third-order valence-corrected chi connectivity index (χ3v) is 5.17. The molecule has 8 heteroatoms. The van der Waals surface area contributed by atoms with Gasteiger partial charge in [-0.05, 0) is 35.9 Å². The Kier molecular flexibility index (Phi) is 4.16. The molecule has 0 saturated carbocycles. The monoisotopic (exact) mass is 397 g/mol. The lowest BCUT2D eigenvalue weighted by atomic mass is 10.1. The molecule has 2 aromatic carbocycles. The molecule has 0 aliphatic carbocycles. The van der Waals surface area contributed by atoms with Gasteiger partial charge in [-0.2, -0.15) is 4.98 Å². The van der Waals surface area contributed by atoms with E-state index in [1.54, 1.807) is 4.90 Å². The smallest absolute Gasteiger partial charge is 0.232 e. The predicted octanol–water partition coefficient (Wildman–Crippen LogP) is 3.63. The molecule has 0 bridgehead atoms. The van der Waals surface area contributed by atoms with Gasteiger partial charge >= 0.3 is 0 Å². The van der Waals surface area contributed by atoms with E-state index in [1.165, 1.54) is 0 Å². The van der Waals surface area contributed by atoms with Crippen molar-refractivity contribution in [3.05, 3.63) is 58.9 Å². The summed E-state index contributed by atoms with van der Waals surface area (Å²) in [6.45, 7) is 1.30. The summed E-state index contributed by atoms with van der Waals surface area (Å²) in [5.74, 6) is 2.26. The topological polar surface area (TPSA) is 77.7 Å². The maximum atomic E-state index is 12.4. The average Bonchev–Trinajstić information content (AvgIpc) is 3.43. The van der Waals surface area contributed by atoms with Gasteiger partial charge in [0, 0.05) is 30.1 Å². The second kappa shape index (κ2) is 6.83. The van der Waals surface area contributed by atoms with Crippen molar-refractivity contribution in [2.45, 2.75) is 18.9 Å². The molecule has 3 heterocycles. The van der Waals surface area contributed by atoms with E-state index in [9.17, 15) is 4.79 Å². The van der Waals surface area contributed by atoms with E-state index >= 15 is 0 Å². The van der Waals surface area contributed by atoms with Crippen molar-refractivity contribution in [1.82, 2.24) is 15.0 Å². The first-order valence-electron chi connectivity index (χ1n) is 8.91. The SMILES string of the molecule is O=C1CC(c2nc(-c3ccc4c(c3)OCO4)no2)CN1Cc1ccc(Cl)cc1. The number of nitrogens with zero attached hydrogens (tertiary/aromatic N) is 3. The zero-order chi connectivity index (χ0) is 19.1. The van der Waals surface area contributed by atoms with Crippen molar-refractivity contribution in [3.63, 3.8) is 0 Å². The Morgan fingerprint density at radius 3 is 2.79 bits per heavy atom. The van der Waals surface area contributed by atoms with Crippen LogP contribution in [0.5, 0.6) is 11.5 Å². The molecule has 1 aromatic heterocycles. The minimum Gasteiger partial charge on any atom is -0.454 e. The number of ether oxygens (including phenoxy) is 2. The summed E-state index contributed by atoms with van der Waals surface area (Å²) in [5, 5.41) is 4.75. The van der Waals surface area contributed by atoms with Crippen LogP contribution in [-0.2, 0) is 11.3 Å². The fourth-order valence-electron chi connectivity index (χ4n) is 3.45. The number of benzene rings is 2. The van der Waals surface area contributed by atoms with E-state index in [2.05, 4.69) is 10.1 Å². The van der Waals surface area contributed by atoms with E-state index in [-0.39, 0.29) is 18.6 Å². The minimum atomic E-state index is -0.116. The zero-order valence-electron chi connectivity index (χ0n) is 14.8.